The highest BCUT2D eigenvalue weighted by Gasteiger charge is 2.22. The number of benzene rings is 1. The third kappa shape index (κ3) is 3.61. The topological polar surface area (TPSA) is 119 Å². The van der Waals surface area contributed by atoms with Crippen LogP contribution in [0.4, 0.5) is 5.69 Å². The summed E-state index contributed by atoms with van der Waals surface area (Å²) in [5, 5.41) is 24.7. The van der Waals surface area contributed by atoms with Gasteiger partial charge >= 0.3 is 5.69 Å². The molecule has 26 heavy (non-hydrogen) atoms. The molecule has 0 aliphatic carbocycles. The van der Waals surface area contributed by atoms with E-state index in [0.29, 0.717) is 17.9 Å². The summed E-state index contributed by atoms with van der Waals surface area (Å²) in [4.78, 5) is 22.7. The van der Waals surface area contributed by atoms with E-state index >= 15 is 0 Å². The molecule has 1 amide bonds. The van der Waals surface area contributed by atoms with Gasteiger partial charge in [-0.2, -0.15) is 10.2 Å². The fraction of sp³-hybridized carbons (Fsp3) is 0.235. The molecule has 0 saturated carbocycles. The molecule has 0 aliphatic rings. The SMILES string of the molecule is Cc1nn(CC(=O)NCc2ccc(-c3ccn[nH]3)cc2)c(C)c1[N+](=O)[O-]. The Balaban J connectivity index is 1.59. The molecule has 9 heteroatoms. The van der Waals surface area contributed by atoms with Crippen LogP contribution in [0.2, 0.25) is 0 Å². The molecular weight excluding hydrogens is 336 g/mol. The first-order valence-electron chi connectivity index (χ1n) is 7.99. The minimum atomic E-state index is -0.479. The van der Waals surface area contributed by atoms with Gasteiger partial charge in [0.15, 0.2) is 0 Å². The predicted molar refractivity (Wildman–Crippen MR) is 94.2 cm³/mol. The summed E-state index contributed by atoms with van der Waals surface area (Å²) in [5.74, 6) is -0.261. The van der Waals surface area contributed by atoms with Crippen LogP contribution in [0.3, 0.4) is 0 Å². The average Bonchev–Trinajstić information content (AvgIpc) is 3.22. The monoisotopic (exact) mass is 354 g/mol. The van der Waals surface area contributed by atoms with Gasteiger partial charge in [0, 0.05) is 12.7 Å². The minimum Gasteiger partial charge on any atom is -0.350 e. The van der Waals surface area contributed by atoms with E-state index in [4.69, 9.17) is 0 Å². The van der Waals surface area contributed by atoms with E-state index in [0.717, 1.165) is 16.8 Å². The van der Waals surface area contributed by atoms with Gasteiger partial charge in [0.2, 0.25) is 5.91 Å². The molecule has 0 fully saturated rings. The van der Waals surface area contributed by atoms with Crippen LogP contribution in [0.5, 0.6) is 0 Å². The molecule has 2 N–H and O–H groups in total. The molecule has 9 nitrogen and oxygen atoms in total. The third-order valence-electron chi connectivity index (χ3n) is 4.07. The maximum Gasteiger partial charge on any atom is 0.312 e. The number of hydrogen-bond donors (Lipinski definition) is 2. The van der Waals surface area contributed by atoms with E-state index in [2.05, 4.69) is 20.6 Å². The first kappa shape index (κ1) is 17.3. The Morgan fingerprint density at radius 1 is 1.27 bits per heavy atom. The lowest BCUT2D eigenvalue weighted by Crippen LogP contribution is -2.28. The van der Waals surface area contributed by atoms with Gasteiger partial charge in [0.25, 0.3) is 0 Å². The Labute approximate surface area is 149 Å². The van der Waals surface area contributed by atoms with E-state index < -0.39 is 4.92 Å². The molecule has 0 bridgehead atoms. The number of aryl methyl sites for hydroxylation is 1. The Morgan fingerprint density at radius 2 is 2.00 bits per heavy atom. The fourth-order valence-corrected chi connectivity index (χ4v) is 2.72. The lowest BCUT2D eigenvalue weighted by molar-refractivity contribution is -0.386. The molecule has 1 aromatic carbocycles. The molecule has 0 spiro atoms. The molecule has 0 saturated heterocycles. The Kier molecular flexibility index (Phi) is 4.78. The number of amides is 1. The van der Waals surface area contributed by atoms with Crippen molar-refractivity contribution < 1.29 is 9.72 Å². The van der Waals surface area contributed by atoms with Crippen molar-refractivity contribution in [3.8, 4) is 11.3 Å². The highest BCUT2D eigenvalue weighted by atomic mass is 16.6. The summed E-state index contributed by atoms with van der Waals surface area (Å²) in [7, 11) is 0. The summed E-state index contributed by atoms with van der Waals surface area (Å²) in [6.07, 6.45) is 1.69. The Bertz CT molecular complexity index is 928. The average molecular weight is 354 g/mol. The van der Waals surface area contributed by atoms with Crippen LogP contribution < -0.4 is 5.32 Å². The van der Waals surface area contributed by atoms with E-state index in [1.165, 1.54) is 4.68 Å². The summed E-state index contributed by atoms with van der Waals surface area (Å²) in [6.45, 7) is 3.44. The fourth-order valence-electron chi connectivity index (χ4n) is 2.72. The normalized spacial score (nSPS) is 10.7. The number of carbonyl (C=O) groups is 1. The zero-order chi connectivity index (χ0) is 18.7. The first-order chi connectivity index (χ1) is 12.5. The highest BCUT2D eigenvalue weighted by Crippen LogP contribution is 2.21. The standard InChI is InChI=1S/C17H18N6O3/c1-11-17(23(25)26)12(2)22(21-11)10-16(24)18-9-13-3-5-14(6-4-13)15-7-8-19-20-15/h3-8H,9-10H2,1-2H3,(H,18,24)(H,19,20). The van der Waals surface area contributed by atoms with Crippen LogP contribution >= 0.6 is 0 Å². The zero-order valence-electron chi connectivity index (χ0n) is 14.4. The zero-order valence-corrected chi connectivity index (χ0v) is 14.4. The van der Waals surface area contributed by atoms with Crippen LogP contribution in [0, 0.1) is 24.0 Å². The third-order valence-corrected chi connectivity index (χ3v) is 4.07. The molecule has 0 atom stereocenters. The van der Waals surface area contributed by atoms with E-state index in [9.17, 15) is 14.9 Å². The number of aromatic nitrogens is 4. The highest BCUT2D eigenvalue weighted by molar-refractivity contribution is 5.75. The maximum atomic E-state index is 12.1. The van der Waals surface area contributed by atoms with Crippen molar-refractivity contribution in [2.24, 2.45) is 0 Å². The summed E-state index contributed by atoms with van der Waals surface area (Å²) in [5.41, 5.74) is 3.49. The number of nitrogens with one attached hydrogen (secondary N) is 2. The molecule has 0 aliphatic heterocycles. The van der Waals surface area contributed by atoms with Crippen molar-refractivity contribution in [1.29, 1.82) is 0 Å². The molecule has 0 radical (unpaired) electrons. The van der Waals surface area contributed by atoms with Crippen LogP contribution in [0.15, 0.2) is 36.5 Å². The summed E-state index contributed by atoms with van der Waals surface area (Å²) >= 11 is 0. The maximum absolute atomic E-state index is 12.1. The van der Waals surface area contributed by atoms with Gasteiger partial charge in [-0.15, -0.1) is 0 Å². The Hall–Kier alpha value is -3.49. The molecule has 3 aromatic rings. The smallest absolute Gasteiger partial charge is 0.312 e. The number of rotatable bonds is 6. The molecular formula is C17H18N6O3. The quantitative estimate of drug-likeness (QED) is 0.519. The molecule has 2 aromatic heterocycles. The second-order valence-electron chi connectivity index (χ2n) is 5.88. The van der Waals surface area contributed by atoms with Gasteiger partial charge < -0.3 is 5.32 Å². The van der Waals surface area contributed by atoms with E-state index in [-0.39, 0.29) is 18.1 Å². The second-order valence-corrected chi connectivity index (χ2v) is 5.88. The van der Waals surface area contributed by atoms with Gasteiger partial charge in [-0.3, -0.25) is 24.7 Å². The van der Waals surface area contributed by atoms with E-state index in [1.54, 1.807) is 20.0 Å². The number of nitrogens with zero attached hydrogens (tertiary/aromatic N) is 4. The number of carbonyl (C=O) groups excluding carboxylic acids is 1. The lowest BCUT2D eigenvalue weighted by atomic mass is 10.1. The number of aromatic amines is 1. The summed E-state index contributed by atoms with van der Waals surface area (Å²) in [6, 6.07) is 9.61. The second kappa shape index (κ2) is 7.18. The number of nitro groups is 1. The van der Waals surface area contributed by atoms with Crippen molar-refractivity contribution in [2.75, 3.05) is 0 Å². The van der Waals surface area contributed by atoms with Crippen molar-refractivity contribution in [3.05, 3.63) is 63.6 Å². The summed E-state index contributed by atoms with van der Waals surface area (Å²) < 4.78 is 1.35. The van der Waals surface area contributed by atoms with Crippen molar-refractivity contribution in [3.63, 3.8) is 0 Å². The van der Waals surface area contributed by atoms with Gasteiger partial charge in [-0.05, 0) is 31.0 Å². The largest absolute Gasteiger partial charge is 0.350 e. The molecule has 134 valence electrons. The van der Waals surface area contributed by atoms with Crippen molar-refractivity contribution >= 4 is 11.6 Å². The first-order valence-corrected chi connectivity index (χ1v) is 7.99. The van der Waals surface area contributed by atoms with Gasteiger partial charge in [-0.25, -0.2) is 0 Å². The van der Waals surface area contributed by atoms with Gasteiger partial charge in [0.1, 0.15) is 17.9 Å². The van der Waals surface area contributed by atoms with E-state index in [1.807, 2.05) is 30.3 Å². The molecule has 3 rings (SSSR count). The molecule has 2 heterocycles. The number of H-pyrrole nitrogens is 1. The van der Waals surface area contributed by atoms with Crippen molar-refractivity contribution in [1.82, 2.24) is 25.3 Å². The van der Waals surface area contributed by atoms with Crippen LogP contribution in [-0.4, -0.2) is 30.8 Å². The molecule has 0 unspecified atom stereocenters. The number of hydrogen-bond acceptors (Lipinski definition) is 5. The predicted octanol–water partition coefficient (Wildman–Crippen LogP) is 2.11. The van der Waals surface area contributed by atoms with Crippen LogP contribution in [-0.2, 0) is 17.9 Å². The minimum absolute atomic E-state index is 0.0489. The van der Waals surface area contributed by atoms with Crippen LogP contribution in [0.25, 0.3) is 11.3 Å². The van der Waals surface area contributed by atoms with Crippen LogP contribution in [0.1, 0.15) is 17.0 Å². The van der Waals surface area contributed by atoms with Gasteiger partial charge in [-0.1, -0.05) is 24.3 Å². The van der Waals surface area contributed by atoms with Crippen molar-refractivity contribution in [2.45, 2.75) is 26.9 Å². The Morgan fingerprint density at radius 3 is 2.58 bits per heavy atom. The lowest BCUT2D eigenvalue weighted by Gasteiger charge is -2.07. The van der Waals surface area contributed by atoms with Gasteiger partial charge in [0.05, 0.1) is 10.6 Å².